The number of nitrogens with one attached hydrogen (secondary N) is 3. The molecule has 1 aliphatic rings. The maximum atomic E-state index is 14.2. The van der Waals surface area contributed by atoms with E-state index in [0.29, 0.717) is 31.7 Å². The van der Waals surface area contributed by atoms with E-state index in [9.17, 15) is 24.0 Å². The third-order valence-electron chi connectivity index (χ3n) is 10.7. The zero-order valence-electron chi connectivity index (χ0n) is 34.5. The number of carbonyl (C=O) groups excluding carboxylic acids is 5. The Morgan fingerprint density at radius 1 is 0.926 bits per heavy atom. The molecule has 0 radical (unpaired) electrons. The summed E-state index contributed by atoms with van der Waals surface area (Å²) in [7, 11) is 6.80. The first-order chi connectivity index (χ1) is 25.6. The quantitative estimate of drug-likeness (QED) is 0.122. The van der Waals surface area contributed by atoms with Gasteiger partial charge in [0.2, 0.25) is 29.5 Å². The molecule has 1 fully saturated rings. The molecule has 14 nitrogen and oxygen atoms in total. The van der Waals surface area contributed by atoms with E-state index in [4.69, 9.17) is 15.2 Å². The number of nitrogens with two attached hydrogens (primary N) is 1. The summed E-state index contributed by atoms with van der Waals surface area (Å²) >= 11 is 0. The van der Waals surface area contributed by atoms with Crippen LogP contribution in [0.2, 0.25) is 0 Å². The highest BCUT2D eigenvalue weighted by Gasteiger charge is 2.42. The molecule has 1 aliphatic heterocycles. The van der Waals surface area contributed by atoms with Gasteiger partial charge >= 0.3 is 0 Å². The number of ether oxygens (including phenoxy) is 2. The molecule has 54 heavy (non-hydrogen) atoms. The monoisotopic (exact) mass is 760 g/mol. The van der Waals surface area contributed by atoms with Gasteiger partial charge < -0.3 is 41.0 Å². The summed E-state index contributed by atoms with van der Waals surface area (Å²) in [5.41, 5.74) is 7.25. The number of rotatable bonds is 23. The number of methoxy groups -OCH3 is 2. The Hall–Kier alpha value is -3.75. The molecule has 0 unspecified atom stereocenters. The van der Waals surface area contributed by atoms with Crippen LogP contribution in [0, 0.1) is 17.8 Å². The van der Waals surface area contributed by atoms with Crippen LogP contribution in [0.3, 0.4) is 0 Å². The number of amides is 5. The average Bonchev–Trinajstić information content (AvgIpc) is 3.63. The van der Waals surface area contributed by atoms with Crippen LogP contribution >= 0.6 is 0 Å². The molecule has 5 amide bonds. The second-order valence-electron chi connectivity index (χ2n) is 15.2. The normalized spacial score (nSPS) is 17.7. The van der Waals surface area contributed by atoms with E-state index in [1.165, 1.54) is 7.11 Å². The van der Waals surface area contributed by atoms with Crippen LogP contribution in [-0.2, 0) is 40.0 Å². The molecule has 0 saturated carbocycles. The number of unbranched alkanes of at least 4 members (excludes halogenated alkanes) is 1. The van der Waals surface area contributed by atoms with Crippen LogP contribution in [0.15, 0.2) is 24.3 Å². The van der Waals surface area contributed by atoms with Crippen LogP contribution < -0.4 is 21.7 Å². The van der Waals surface area contributed by atoms with Crippen molar-refractivity contribution in [2.24, 2.45) is 17.8 Å². The average molecular weight is 760 g/mol. The Labute approximate surface area is 323 Å². The second kappa shape index (κ2) is 23.2. The fraction of sp³-hybridized carbons (Fsp3) is 0.725. The van der Waals surface area contributed by atoms with Gasteiger partial charge in [0.25, 0.3) is 0 Å². The first kappa shape index (κ1) is 46.4. The van der Waals surface area contributed by atoms with Gasteiger partial charge in [-0.05, 0) is 62.9 Å². The number of benzene rings is 1. The van der Waals surface area contributed by atoms with E-state index < -0.39 is 24.2 Å². The molecule has 306 valence electrons. The molecule has 0 aromatic heterocycles. The molecule has 1 aromatic rings. The third-order valence-corrected chi connectivity index (χ3v) is 10.7. The van der Waals surface area contributed by atoms with Crippen LogP contribution in [0.1, 0.15) is 85.6 Å². The highest BCUT2D eigenvalue weighted by molar-refractivity contribution is 5.88. The Bertz CT molecular complexity index is 1330. The Morgan fingerprint density at radius 3 is 2.13 bits per heavy atom. The number of hydrogen-bond donors (Lipinski definition) is 4. The van der Waals surface area contributed by atoms with E-state index in [1.54, 1.807) is 36.0 Å². The molecular formula is C40H69N7O7. The zero-order chi connectivity index (χ0) is 40.5. The predicted octanol–water partition coefficient (Wildman–Crippen LogP) is 2.79. The van der Waals surface area contributed by atoms with Gasteiger partial charge in [0, 0.05) is 39.5 Å². The maximum absolute atomic E-state index is 14.2. The number of likely N-dealkylation sites (N-methyl/N-ethyl adjacent to an activating group) is 1. The van der Waals surface area contributed by atoms with Crippen molar-refractivity contribution in [2.75, 3.05) is 60.2 Å². The fourth-order valence-electron chi connectivity index (χ4n) is 7.53. The molecule has 5 N–H and O–H groups in total. The molecule has 1 saturated heterocycles. The SMILES string of the molecule is CCCCN(C(=O)CNC(=O)[C@H](C(C)C)N(C)C)[C@@H]([C@@H](C)CC)[C@@H](CC(=O)N1CCC[C@H]1[C@H](OC)[C@@H](C)C(=O)NCC(=O)NCc1ccc(N)cc1)OC. The summed E-state index contributed by atoms with van der Waals surface area (Å²) in [5, 5.41) is 8.38. The number of carbonyl (C=O) groups is 5. The molecule has 7 atom stereocenters. The van der Waals surface area contributed by atoms with Crippen molar-refractivity contribution < 1.29 is 33.4 Å². The van der Waals surface area contributed by atoms with E-state index in [0.717, 1.165) is 31.2 Å². The first-order valence-corrected chi connectivity index (χ1v) is 19.6. The van der Waals surface area contributed by atoms with Gasteiger partial charge in [0.05, 0.1) is 55.8 Å². The number of nitrogen functional groups attached to an aromatic ring is 1. The summed E-state index contributed by atoms with van der Waals surface area (Å²) in [6.07, 6.45) is 2.60. The molecule has 14 heteroatoms. The number of likely N-dealkylation sites (tertiary alicyclic amines) is 1. The topological polar surface area (TPSA) is 176 Å². The third kappa shape index (κ3) is 13.5. The summed E-state index contributed by atoms with van der Waals surface area (Å²) in [5.74, 6) is -1.83. The lowest BCUT2D eigenvalue weighted by molar-refractivity contribution is -0.147. The fourth-order valence-corrected chi connectivity index (χ4v) is 7.53. The van der Waals surface area contributed by atoms with Crippen LogP contribution in [-0.4, -0.2) is 129 Å². The number of nitrogens with zero attached hydrogens (tertiary/aromatic N) is 3. The minimum absolute atomic E-state index is 0.00190. The summed E-state index contributed by atoms with van der Waals surface area (Å²) in [4.78, 5) is 72.4. The molecule has 1 aromatic carbocycles. The molecule has 0 bridgehead atoms. The highest BCUT2D eigenvalue weighted by Crippen LogP contribution is 2.29. The Morgan fingerprint density at radius 2 is 1.57 bits per heavy atom. The smallest absolute Gasteiger partial charge is 0.242 e. The predicted molar refractivity (Wildman–Crippen MR) is 211 cm³/mol. The summed E-state index contributed by atoms with van der Waals surface area (Å²) < 4.78 is 11.9. The standard InChI is InChI=1S/C40H69N7O7/c1-11-13-20-47(35(50)25-44-40(52)36(26(3)4)45(7)8)37(27(5)12-2)32(53-9)22-34(49)46-21-14-15-31(46)38(54-10)28(6)39(51)43-24-33(48)42-23-29-16-18-30(41)19-17-29/h16-19,26-28,31-32,36-38H,11-15,20-25,41H2,1-10H3,(H,42,48)(H,43,51)(H,44,52)/t27-,28+,31-,32+,36-,37-,38+/m0/s1. The van der Waals surface area contributed by atoms with E-state index >= 15 is 0 Å². The molecule has 0 aliphatic carbocycles. The van der Waals surface area contributed by atoms with E-state index in [1.807, 2.05) is 45.0 Å². The van der Waals surface area contributed by atoms with Crippen molar-refractivity contribution in [1.82, 2.24) is 30.7 Å². The van der Waals surface area contributed by atoms with E-state index in [2.05, 4.69) is 36.7 Å². The van der Waals surface area contributed by atoms with Crippen molar-refractivity contribution >= 4 is 35.2 Å². The Balaban J connectivity index is 2.16. The minimum Gasteiger partial charge on any atom is -0.399 e. The van der Waals surface area contributed by atoms with E-state index in [-0.39, 0.29) is 73.0 Å². The second-order valence-corrected chi connectivity index (χ2v) is 15.2. The van der Waals surface area contributed by atoms with Crippen molar-refractivity contribution in [1.29, 1.82) is 0 Å². The van der Waals surface area contributed by atoms with Crippen LogP contribution in [0.4, 0.5) is 5.69 Å². The van der Waals surface area contributed by atoms with Crippen molar-refractivity contribution in [2.45, 2.75) is 117 Å². The summed E-state index contributed by atoms with van der Waals surface area (Å²) in [6.45, 7) is 12.8. The first-order valence-electron chi connectivity index (χ1n) is 19.6. The van der Waals surface area contributed by atoms with Crippen molar-refractivity contribution in [3.63, 3.8) is 0 Å². The largest absolute Gasteiger partial charge is 0.399 e. The van der Waals surface area contributed by atoms with Gasteiger partial charge in [-0.2, -0.15) is 0 Å². The van der Waals surface area contributed by atoms with Gasteiger partial charge in [-0.15, -0.1) is 0 Å². The number of hydrogen-bond acceptors (Lipinski definition) is 9. The van der Waals surface area contributed by atoms with Gasteiger partial charge in [-0.3, -0.25) is 28.9 Å². The van der Waals surface area contributed by atoms with Crippen LogP contribution in [0.5, 0.6) is 0 Å². The summed E-state index contributed by atoms with van der Waals surface area (Å²) in [6, 6.07) is 6.02. The van der Waals surface area contributed by atoms with Gasteiger partial charge in [0.1, 0.15) is 0 Å². The number of anilines is 1. The molecular weight excluding hydrogens is 690 g/mol. The lowest BCUT2D eigenvalue weighted by atomic mass is 9.89. The lowest BCUT2D eigenvalue weighted by Crippen LogP contribution is -2.56. The lowest BCUT2D eigenvalue weighted by Gasteiger charge is -2.41. The van der Waals surface area contributed by atoms with Crippen molar-refractivity contribution in [3.8, 4) is 0 Å². The van der Waals surface area contributed by atoms with Gasteiger partial charge in [-0.1, -0.05) is 66.5 Å². The minimum atomic E-state index is -0.649. The van der Waals surface area contributed by atoms with Crippen LogP contribution in [0.25, 0.3) is 0 Å². The Kier molecular flexibility index (Phi) is 20.0. The van der Waals surface area contributed by atoms with Gasteiger partial charge in [-0.25, -0.2) is 0 Å². The highest BCUT2D eigenvalue weighted by atomic mass is 16.5. The maximum Gasteiger partial charge on any atom is 0.242 e. The molecule has 1 heterocycles. The molecule has 2 rings (SSSR count). The van der Waals surface area contributed by atoms with Gasteiger partial charge in [0.15, 0.2) is 0 Å². The zero-order valence-corrected chi connectivity index (χ0v) is 34.5. The molecule has 0 spiro atoms. The van der Waals surface area contributed by atoms with Crippen molar-refractivity contribution in [3.05, 3.63) is 29.8 Å².